The maximum atomic E-state index is 13.1. The number of benzene rings is 3. The van der Waals surface area contributed by atoms with E-state index in [1.807, 2.05) is 30.3 Å². The second-order valence-corrected chi connectivity index (χ2v) is 7.76. The lowest BCUT2D eigenvalue weighted by Crippen LogP contribution is -2.35. The molecule has 3 aromatic carbocycles. The van der Waals surface area contributed by atoms with E-state index in [9.17, 15) is 18.8 Å². The molecular formula is C26H19FN4O3. The molecule has 0 saturated carbocycles. The van der Waals surface area contributed by atoms with Crippen molar-refractivity contribution < 1.29 is 18.8 Å². The number of fused-ring (bicyclic) bond motifs is 1. The van der Waals surface area contributed by atoms with Gasteiger partial charge < -0.3 is 9.88 Å². The number of hydrogen-bond donors (Lipinski definition) is 2. The van der Waals surface area contributed by atoms with Crippen LogP contribution in [-0.4, -0.2) is 22.3 Å². The molecule has 0 unspecified atom stereocenters. The summed E-state index contributed by atoms with van der Waals surface area (Å²) in [6, 6.07) is 21.8. The Morgan fingerprint density at radius 2 is 1.65 bits per heavy atom. The van der Waals surface area contributed by atoms with Crippen LogP contribution in [0.15, 0.2) is 90.6 Å². The quantitative estimate of drug-likeness (QED) is 0.355. The molecule has 5 rings (SSSR count). The third-order valence-electron chi connectivity index (χ3n) is 5.47. The average molecular weight is 454 g/mol. The van der Waals surface area contributed by atoms with E-state index in [1.165, 1.54) is 35.4 Å². The van der Waals surface area contributed by atoms with Crippen LogP contribution in [0, 0.1) is 5.82 Å². The fourth-order valence-electron chi connectivity index (χ4n) is 3.88. The number of nitrogens with one attached hydrogen (secondary N) is 2. The molecular weight excluding hydrogens is 435 g/mol. The number of hydrazine groups is 1. The predicted molar refractivity (Wildman–Crippen MR) is 127 cm³/mol. The Balaban J connectivity index is 1.44. The monoisotopic (exact) mass is 454 g/mol. The molecule has 0 spiro atoms. The highest BCUT2D eigenvalue weighted by atomic mass is 19.1. The molecule has 1 fully saturated rings. The number of para-hydroxylation sites is 2. The standard InChI is InChI=1S/C26H19FN4O3/c27-18-10-12-19(13-11-18)28-24(32)16-30-15-17(21-8-4-5-9-23(21)30)14-22-25(33)29-31(26(22)34)20-6-2-1-3-7-20/h1-15H,16H2,(H,28,32)(H,29,33)/b22-14-. The van der Waals surface area contributed by atoms with E-state index < -0.39 is 11.8 Å². The van der Waals surface area contributed by atoms with Gasteiger partial charge in [0.15, 0.2) is 0 Å². The van der Waals surface area contributed by atoms with Crippen LogP contribution in [0.25, 0.3) is 17.0 Å². The Hall–Kier alpha value is -4.72. The molecule has 0 aliphatic carbocycles. The van der Waals surface area contributed by atoms with E-state index in [0.29, 0.717) is 16.9 Å². The molecule has 1 aliphatic heterocycles. The van der Waals surface area contributed by atoms with E-state index in [2.05, 4.69) is 10.7 Å². The molecule has 0 radical (unpaired) electrons. The van der Waals surface area contributed by atoms with Crippen molar-refractivity contribution in [3.8, 4) is 0 Å². The van der Waals surface area contributed by atoms with E-state index in [4.69, 9.17) is 0 Å². The van der Waals surface area contributed by atoms with E-state index in [-0.39, 0.29) is 23.8 Å². The van der Waals surface area contributed by atoms with Crippen molar-refractivity contribution in [2.45, 2.75) is 6.54 Å². The third kappa shape index (κ3) is 4.04. The average Bonchev–Trinajstić information content (AvgIpc) is 3.33. The zero-order valence-corrected chi connectivity index (χ0v) is 17.9. The molecule has 1 aromatic heterocycles. The number of nitrogens with zero attached hydrogens (tertiary/aromatic N) is 2. The van der Waals surface area contributed by atoms with Crippen molar-refractivity contribution >= 4 is 46.1 Å². The Morgan fingerprint density at radius 3 is 2.41 bits per heavy atom. The molecule has 168 valence electrons. The van der Waals surface area contributed by atoms with Crippen molar-refractivity contribution in [1.82, 2.24) is 9.99 Å². The molecule has 2 N–H and O–H groups in total. The van der Waals surface area contributed by atoms with Crippen LogP contribution in [0.1, 0.15) is 5.56 Å². The summed E-state index contributed by atoms with van der Waals surface area (Å²) in [6.45, 7) is -0.00263. The number of rotatable bonds is 5. The smallest absolute Gasteiger partial charge is 0.282 e. The van der Waals surface area contributed by atoms with E-state index in [1.54, 1.807) is 35.0 Å². The molecule has 8 heteroatoms. The summed E-state index contributed by atoms with van der Waals surface area (Å²) in [6.07, 6.45) is 3.27. The maximum Gasteiger partial charge on any atom is 0.282 e. The van der Waals surface area contributed by atoms with Gasteiger partial charge in [0.05, 0.1) is 5.69 Å². The second-order valence-electron chi connectivity index (χ2n) is 7.76. The Morgan fingerprint density at radius 1 is 0.941 bits per heavy atom. The van der Waals surface area contributed by atoms with Gasteiger partial charge in [-0.15, -0.1) is 0 Å². The SMILES string of the molecule is O=C(Cn1cc(/C=C2/C(=O)NN(c3ccccc3)C2=O)c2ccccc21)Nc1ccc(F)cc1. The topological polar surface area (TPSA) is 83.4 Å². The maximum absolute atomic E-state index is 13.1. The Labute approximate surface area is 194 Å². The minimum atomic E-state index is -0.500. The molecule has 2 heterocycles. The van der Waals surface area contributed by atoms with Crippen LogP contribution in [0.3, 0.4) is 0 Å². The lowest BCUT2D eigenvalue weighted by Gasteiger charge is -2.13. The van der Waals surface area contributed by atoms with Crippen LogP contribution in [0.4, 0.5) is 15.8 Å². The number of aromatic nitrogens is 1. The van der Waals surface area contributed by atoms with Gasteiger partial charge in [-0.2, -0.15) is 0 Å². The van der Waals surface area contributed by atoms with Crippen LogP contribution in [0.2, 0.25) is 0 Å². The first kappa shape index (κ1) is 21.1. The van der Waals surface area contributed by atoms with Gasteiger partial charge in [0.25, 0.3) is 11.8 Å². The lowest BCUT2D eigenvalue weighted by atomic mass is 10.1. The number of halogens is 1. The Bertz CT molecular complexity index is 1440. The van der Waals surface area contributed by atoms with Gasteiger partial charge in [0.1, 0.15) is 17.9 Å². The molecule has 1 saturated heterocycles. The number of hydrogen-bond acceptors (Lipinski definition) is 3. The van der Waals surface area contributed by atoms with Crippen molar-refractivity contribution in [2.24, 2.45) is 0 Å². The second kappa shape index (κ2) is 8.67. The molecule has 3 amide bonds. The van der Waals surface area contributed by atoms with Gasteiger partial charge in [-0.1, -0.05) is 36.4 Å². The minimum absolute atomic E-state index is 0.00233. The summed E-state index contributed by atoms with van der Waals surface area (Å²) in [7, 11) is 0. The van der Waals surface area contributed by atoms with Crippen molar-refractivity contribution in [2.75, 3.05) is 10.3 Å². The van der Waals surface area contributed by atoms with Gasteiger partial charge >= 0.3 is 0 Å². The molecule has 0 atom stereocenters. The first-order valence-corrected chi connectivity index (χ1v) is 10.5. The number of carbonyl (C=O) groups is 3. The summed E-state index contributed by atoms with van der Waals surface area (Å²) in [5.41, 5.74) is 5.05. The summed E-state index contributed by atoms with van der Waals surface area (Å²) >= 11 is 0. The van der Waals surface area contributed by atoms with Gasteiger partial charge in [0.2, 0.25) is 5.91 Å². The minimum Gasteiger partial charge on any atom is -0.337 e. The number of amides is 3. The summed E-state index contributed by atoms with van der Waals surface area (Å²) < 4.78 is 14.9. The van der Waals surface area contributed by atoms with Gasteiger partial charge in [-0.25, -0.2) is 9.40 Å². The highest BCUT2D eigenvalue weighted by Crippen LogP contribution is 2.26. The zero-order valence-electron chi connectivity index (χ0n) is 17.9. The molecule has 1 aliphatic rings. The number of anilines is 2. The highest BCUT2D eigenvalue weighted by Gasteiger charge is 2.34. The van der Waals surface area contributed by atoms with Crippen LogP contribution >= 0.6 is 0 Å². The lowest BCUT2D eigenvalue weighted by molar-refractivity contribution is -0.118. The van der Waals surface area contributed by atoms with Crippen molar-refractivity contribution in [3.05, 3.63) is 102 Å². The van der Waals surface area contributed by atoms with E-state index >= 15 is 0 Å². The van der Waals surface area contributed by atoms with Crippen molar-refractivity contribution in [3.63, 3.8) is 0 Å². The fourth-order valence-corrected chi connectivity index (χ4v) is 3.88. The Kier molecular flexibility index (Phi) is 5.39. The van der Waals surface area contributed by atoms with Crippen LogP contribution in [-0.2, 0) is 20.9 Å². The zero-order chi connectivity index (χ0) is 23.7. The normalized spacial score (nSPS) is 14.6. The first-order chi connectivity index (χ1) is 16.5. The van der Waals surface area contributed by atoms with Crippen LogP contribution < -0.4 is 15.8 Å². The summed E-state index contributed by atoms with van der Waals surface area (Å²) in [5, 5.41) is 4.74. The highest BCUT2D eigenvalue weighted by molar-refractivity contribution is 6.32. The largest absolute Gasteiger partial charge is 0.337 e. The summed E-state index contributed by atoms with van der Waals surface area (Å²) in [4.78, 5) is 38.1. The fraction of sp³-hybridized carbons (Fsp3) is 0.0385. The predicted octanol–water partition coefficient (Wildman–Crippen LogP) is 3.88. The summed E-state index contributed by atoms with van der Waals surface area (Å²) in [5.74, 6) is -1.64. The van der Waals surface area contributed by atoms with E-state index in [0.717, 1.165) is 10.9 Å². The van der Waals surface area contributed by atoms with Gasteiger partial charge in [-0.05, 0) is 48.5 Å². The molecule has 34 heavy (non-hydrogen) atoms. The van der Waals surface area contributed by atoms with Crippen molar-refractivity contribution in [1.29, 1.82) is 0 Å². The van der Waals surface area contributed by atoms with Crippen LogP contribution in [0.5, 0.6) is 0 Å². The first-order valence-electron chi connectivity index (χ1n) is 10.5. The molecule has 7 nitrogen and oxygen atoms in total. The van der Waals surface area contributed by atoms with Gasteiger partial charge in [0, 0.05) is 28.4 Å². The molecule has 4 aromatic rings. The number of carbonyl (C=O) groups excluding carboxylic acids is 3. The third-order valence-corrected chi connectivity index (χ3v) is 5.47. The molecule has 0 bridgehead atoms. The van der Waals surface area contributed by atoms with Gasteiger partial charge in [-0.3, -0.25) is 19.8 Å².